The molecule has 0 aliphatic heterocycles. The second kappa shape index (κ2) is 22.0. The van der Waals surface area contributed by atoms with Gasteiger partial charge in [-0.15, -0.1) is 0 Å². The lowest BCUT2D eigenvalue weighted by molar-refractivity contribution is -0.121. The average Bonchev–Trinajstić information content (AvgIpc) is 2.73. The van der Waals surface area contributed by atoms with Crippen molar-refractivity contribution in [3.63, 3.8) is 0 Å². The monoisotopic (exact) mass is 423 g/mol. The van der Waals surface area contributed by atoms with Gasteiger partial charge < -0.3 is 15.7 Å². The van der Waals surface area contributed by atoms with Crippen LogP contribution in [0.25, 0.3) is 0 Å². The summed E-state index contributed by atoms with van der Waals surface area (Å²) in [5, 5.41) is 15.1. The zero-order chi connectivity index (χ0) is 22.3. The van der Waals surface area contributed by atoms with Crippen LogP contribution in [0, 0.1) is 0 Å². The van der Waals surface area contributed by atoms with E-state index >= 15 is 0 Å². The minimum absolute atomic E-state index is 0.0656. The molecule has 6 heteroatoms. The van der Waals surface area contributed by atoms with Crippen molar-refractivity contribution >= 4 is 11.8 Å². The average molecular weight is 424 g/mol. The standard InChI is InChI=1S/C24H45N3O3/c1-3-5-7-9-11-13-15-23(29)25-17-19-27(21-22-28)20-18-26-24(30)16-14-12-10-8-6-4-2/h7-10,28H,3-6,11-22H2,1-2H3,(H,25,29)(H,26,30)/b9-7+,10-8+. The Labute approximate surface area is 184 Å². The van der Waals surface area contributed by atoms with Gasteiger partial charge in [-0.3, -0.25) is 14.5 Å². The van der Waals surface area contributed by atoms with E-state index in [2.05, 4.69) is 53.7 Å². The highest BCUT2D eigenvalue weighted by molar-refractivity contribution is 5.76. The molecular formula is C24H45N3O3. The van der Waals surface area contributed by atoms with Crippen molar-refractivity contribution in [3.05, 3.63) is 24.3 Å². The first-order valence-corrected chi connectivity index (χ1v) is 11.8. The zero-order valence-electron chi connectivity index (χ0n) is 19.3. The predicted octanol–water partition coefficient (Wildman–Crippen LogP) is 3.57. The third-order valence-electron chi connectivity index (χ3n) is 4.71. The summed E-state index contributed by atoms with van der Waals surface area (Å²) in [5.41, 5.74) is 0. The van der Waals surface area contributed by atoms with Gasteiger partial charge in [-0.25, -0.2) is 0 Å². The minimum Gasteiger partial charge on any atom is -0.395 e. The molecule has 0 unspecified atom stereocenters. The van der Waals surface area contributed by atoms with E-state index in [-0.39, 0.29) is 18.4 Å². The molecule has 6 nitrogen and oxygen atoms in total. The Kier molecular flexibility index (Phi) is 20.8. The highest BCUT2D eigenvalue weighted by Gasteiger charge is 2.07. The number of amides is 2. The molecule has 0 bridgehead atoms. The van der Waals surface area contributed by atoms with Gasteiger partial charge >= 0.3 is 0 Å². The quantitative estimate of drug-likeness (QED) is 0.207. The number of unbranched alkanes of at least 4 members (excludes halogenated alkanes) is 4. The number of hydrogen-bond donors (Lipinski definition) is 3. The molecule has 0 aliphatic carbocycles. The highest BCUT2D eigenvalue weighted by atomic mass is 16.3. The maximum absolute atomic E-state index is 11.9. The summed E-state index contributed by atoms with van der Waals surface area (Å²) < 4.78 is 0. The predicted molar refractivity (Wildman–Crippen MR) is 125 cm³/mol. The lowest BCUT2D eigenvalue weighted by atomic mass is 10.2. The van der Waals surface area contributed by atoms with Crippen molar-refractivity contribution in [1.82, 2.24) is 15.5 Å². The molecule has 0 aromatic rings. The summed E-state index contributed by atoms with van der Waals surface area (Å²) in [4.78, 5) is 25.8. The first kappa shape index (κ1) is 28.3. The Morgan fingerprint density at radius 2 is 1.17 bits per heavy atom. The van der Waals surface area contributed by atoms with Crippen LogP contribution in [0.4, 0.5) is 0 Å². The van der Waals surface area contributed by atoms with Gasteiger partial charge in [-0.1, -0.05) is 51.0 Å². The third-order valence-corrected chi connectivity index (χ3v) is 4.71. The van der Waals surface area contributed by atoms with E-state index in [0.29, 0.717) is 45.6 Å². The van der Waals surface area contributed by atoms with Crippen LogP contribution in [0.15, 0.2) is 24.3 Å². The van der Waals surface area contributed by atoms with Gasteiger partial charge in [0.25, 0.3) is 0 Å². The van der Waals surface area contributed by atoms with E-state index < -0.39 is 0 Å². The molecule has 0 saturated heterocycles. The summed E-state index contributed by atoms with van der Waals surface area (Å²) in [6, 6.07) is 0. The Balaban J connectivity index is 3.83. The second-order valence-corrected chi connectivity index (χ2v) is 7.57. The maximum Gasteiger partial charge on any atom is 0.220 e. The molecule has 0 rings (SSSR count). The molecule has 0 heterocycles. The number of carbonyl (C=O) groups is 2. The Bertz CT molecular complexity index is 438. The van der Waals surface area contributed by atoms with Crippen molar-refractivity contribution in [3.8, 4) is 0 Å². The minimum atomic E-state index is 0.0656. The van der Waals surface area contributed by atoms with E-state index in [1.165, 1.54) is 0 Å². The second-order valence-electron chi connectivity index (χ2n) is 7.57. The van der Waals surface area contributed by atoms with Crippen molar-refractivity contribution in [2.24, 2.45) is 0 Å². The van der Waals surface area contributed by atoms with Crippen LogP contribution in [0.1, 0.15) is 78.1 Å². The largest absolute Gasteiger partial charge is 0.395 e. The van der Waals surface area contributed by atoms with Crippen LogP contribution in [0.3, 0.4) is 0 Å². The first-order chi connectivity index (χ1) is 14.6. The molecule has 0 saturated carbocycles. The smallest absolute Gasteiger partial charge is 0.220 e. The fourth-order valence-corrected chi connectivity index (χ4v) is 2.93. The molecule has 0 fully saturated rings. The number of aliphatic hydroxyl groups is 1. The molecule has 174 valence electrons. The first-order valence-electron chi connectivity index (χ1n) is 11.8. The molecular weight excluding hydrogens is 378 g/mol. The van der Waals surface area contributed by atoms with Gasteiger partial charge in [0.1, 0.15) is 0 Å². The topological polar surface area (TPSA) is 81.7 Å². The Hall–Kier alpha value is -1.66. The molecule has 0 spiro atoms. The van der Waals surface area contributed by atoms with Crippen molar-refractivity contribution in [2.45, 2.75) is 78.1 Å². The molecule has 0 atom stereocenters. The lowest BCUT2D eigenvalue weighted by Gasteiger charge is -2.21. The SMILES string of the molecule is CCC/C=C/CCCC(=O)NCCN(CCO)CCNC(=O)CCC/C=C/CCC. The summed E-state index contributed by atoms with van der Waals surface area (Å²) in [6.45, 7) is 7.36. The number of hydrogen-bond acceptors (Lipinski definition) is 4. The van der Waals surface area contributed by atoms with Crippen LogP contribution in [-0.4, -0.2) is 61.2 Å². The van der Waals surface area contributed by atoms with Crippen LogP contribution in [-0.2, 0) is 9.59 Å². The molecule has 0 radical (unpaired) electrons. The summed E-state index contributed by atoms with van der Waals surface area (Å²) in [7, 11) is 0. The van der Waals surface area contributed by atoms with Crippen molar-refractivity contribution in [2.75, 3.05) is 39.3 Å². The lowest BCUT2D eigenvalue weighted by Crippen LogP contribution is -2.40. The number of allylic oxidation sites excluding steroid dienone is 4. The van der Waals surface area contributed by atoms with E-state index in [1.54, 1.807) is 0 Å². The van der Waals surface area contributed by atoms with Gasteiger partial charge in [0.2, 0.25) is 11.8 Å². The number of nitrogens with one attached hydrogen (secondary N) is 2. The van der Waals surface area contributed by atoms with Gasteiger partial charge in [0, 0.05) is 45.6 Å². The van der Waals surface area contributed by atoms with Gasteiger partial charge in [-0.2, -0.15) is 0 Å². The number of rotatable bonds is 20. The van der Waals surface area contributed by atoms with E-state index in [0.717, 1.165) is 51.4 Å². The van der Waals surface area contributed by atoms with E-state index in [9.17, 15) is 14.7 Å². The van der Waals surface area contributed by atoms with E-state index in [1.807, 2.05) is 0 Å². The molecule has 0 aromatic heterocycles. The Morgan fingerprint density at radius 1 is 0.733 bits per heavy atom. The number of nitrogens with zero attached hydrogens (tertiary/aromatic N) is 1. The Morgan fingerprint density at radius 3 is 1.57 bits per heavy atom. The molecule has 3 N–H and O–H groups in total. The van der Waals surface area contributed by atoms with Crippen molar-refractivity contribution < 1.29 is 14.7 Å². The van der Waals surface area contributed by atoms with Gasteiger partial charge in [-0.05, 0) is 38.5 Å². The fourth-order valence-electron chi connectivity index (χ4n) is 2.93. The van der Waals surface area contributed by atoms with E-state index in [4.69, 9.17) is 0 Å². The van der Waals surface area contributed by atoms with Crippen molar-refractivity contribution in [1.29, 1.82) is 0 Å². The molecule has 0 aliphatic rings. The van der Waals surface area contributed by atoms with Crippen LogP contribution >= 0.6 is 0 Å². The molecule has 30 heavy (non-hydrogen) atoms. The van der Waals surface area contributed by atoms with Gasteiger partial charge in [0.15, 0.2) is 0 Å². The normalized spacial score (nSPS) is 11.6. The van der Waals surface area contributed by atoms with Crippen LogP contribution in [0.5, 0.6) is 0 Å². The number of carbonyl (C=O) groups excluding carboxylic acids is 2. The summed E-state index contributed by atoms with van der Waals surface area (Å²) in [6.07, 6.45) is 17.9. The highest BCUT2D eigenvalue weighted by Crippen LogP contribution is 2.00. The zero-order valence-corrected chi connectivity index (χ0v) is 19.3. The molecule has 2 amide bonds. The molecule has 0 aromatic carbocycles. The number of aliphatic hydroxyl groups excluding tert-OH is 1. The summed E-state index contributed by atoms with van der Waals surface area (Å²) >= 11 is 0. The maximum atomic E-state index is 11.9. The third kappa shape index (κ3) is 19.6. The van der Waals surface area contributed by atoms with Crippen LogP contribution < -0.4 is 10.6 Å². The fraction of sp³-hybridized carbons (Fsp3) is 0.750. The van der Waals surface area contributed by atoms with Crippen LogP contribution in [0.2, 0.25) is 0 Å². The van der Waals surface area contributed by atoms with Gasteiger partial charge in [0.05, 0.1) is 6.61 Å². The summed E-state index contributed by atoms with van der Waals surface area (Å²) in [5.74, 6) is 0.147.